The molecule has 11 heteroatoms. The molecule has 132 valence electrons. The van der Waals surface area contributed by atoms with Gasteiger partial charge in [0.2, 0.25) is 0 Å². The molecule has 0 amide bonds. The van der Waals surface area contributed by atoms with Crippen molar-refractivity contribution in [3.05, 3.63) is 39.7 Å². The van der Waals surface area contributed by atoms with E-state index in [1.807, 2.05) is 0 Å². The molecule has 0 aliphatic carbocycles. The van der Waals surface area contributed by atoms with Crippen LogP contribution in [0.1, 0.15) is 12.5 Å². The first-order valence-corrected chi connectivity index (χ1v) is 6.64. The molecule has 0 bridgehead atoms. The van der Waals surface area contributed by atoms with Crippen LogP contribution < -0.4 is 5.73 Å². The third-order valence-corrected chi connectivity index (χ3v) is 3.49. The standard InChI is InChI=1S/C13H13F4N3O4/c1-12(8-4-7(20(21)22)2-3-9(8)14)10(5-19-11(18)24-12)23-6-13(15,16)17/h2-4,10H,5-6H2,1H3,(H2,18,19)/t10-,12-/m1/s1. The van der Waals surface area contributed by atoms with Crippen LogP contribution in [0.5, 0.6) is 0 Å². The van der Waals surface area contributed by atoms with E-state index >= 15 is 0 Å². The maximum Gasteiger partial charge on any atom is 0.411 e. The molecule has 0 unspecified atom stereocenters. The first-order valence-electron chi connectivity index (χ1n) is 6.64. The van der Waals surface area contributed by atoms with Gasteiger partial charge in [-0.15, -0.1) is 0 Å². The Balaban J connectivity index is 2.43. The minimum atomic E-state index is -4.62. The number of nitrogens with zero attached hydrogens (tertiary/aromatic N) is 2. The summed E-state index contributed by atoms with van der Waals surface area (Å²) < 4.78 is 61.4. The second kappa shape index (κ2) is 6.23. The van der Waals surface area contributed by atoms with E-state index in [0.717, 1.165) is 18.2 Å². The van der Waals surface area contributed by atoms with Crippen molar-refractivity contribution >= 4 is 11.7 Å². The maximum absolute atomic E-state index is 14.2. The van der Waals surface area contributed by atoms with Crippen molar-refractivity contribution < 1.29 is 32.0 Å². The normalized spacial score (nSPS) is 24.2. The van der Waals surface area contributed by atoms with Crippen LogP contribution in [0.15, 0.2) is 23.2 Å². The molecule has 24 heavy (non-hydrogen) atoms. The Bertz CT molecular complexity index is 680. The van der Waals surface area contributed by atoms with Gasteiger partial charge >= 0.3 is 6.18 Å². The summed E-state index contributed by atoms with van der Waals surface area (Å²) >= 11 is 0. The Morgan fingerprint density at radius 1 is 1.54 bits per heavy atom. The summed E-state index contributed by atoms with van der Waals surface area (Å²) in [5.74, 6) is -0.904. The van der Waals surface area contributed by atoms with Gasteiger partial charge in [-0.25, -0.2) is 9.38 Å². The van der Waals surface area contributed by atoms with Gasteiger partial charge in [-0.05, 0) is 13.0 Å². The van der Waals surface area contributed by atoms with Crippen molar-refractivity contribution in [2.45, 2.75) is 24.8 Å². The number of alkyl halides is 3. The topological polar surface area (TPSA) is 100.0 Å². The lowest BCUT2D eigenvalue weighted by Crippen LogP contribution is -2.50. The summed E-state index contributed by atoms with van der Waals surface area (Å²) in [5.41, 5.74) is 2.82. The number of benzene rings is 1. The van der Waals surface area contributed by atoms with E-state index in [2.05, 4.69) is 4.99 Å². The quantitative estimate of drug-likeness (QED) is 0.509. The summed E-state index contributed by atoms with van der Waals surface area (Å²) in [7, 11) is 0. The molecule has 1 aromatic rings. The highest BCUT2D eigenvalue weighted by molar-refractivity contribution is 5.73. The Morgan fingerprint density at radius 3 is 2.79 bits per heavy atom. The van der Waals surface area contributed by atoms with Crippen molar-refractivity contribution in [1.82, 2.24) is 0 Å². The Kier molecular flexibility index (Phi) is 4.65. The third kappa shape index (κ3) is 3.72. The zero-order chi connectivity index (χ0) is 18.1. The lowest BCUT2D eigenvalue weighted by atomic mass is 9.88. The largest absolute Gasteiger partial charge is 0.451 e. The van der Waals surface area contributed by atoms with Crippen molar-refractivity contribution in [2.24, 2.45) is 10.7 Å². The number of nitro groups is 1. The summed E-state index contributed by atoms with van der Waals surface area (Å²) in [6.45, 7) is -0.694. The first kappa shape index (κ1) is 17.9. The number of rotatable bonds is 4. The van der Waals surface area contributed by atoms with E-state index in [4.69, 9.17) is 15.2 Å². The van der Waals surface area contributed by atoms with Crippen molar-refractivity contribution in [3.63, 3.8) is 0 Å². The van der Waals surface area contributed by atoms with Gasteiger partial charge < -0.3 is 15.2 Å². The first-order chi connectivity index (χ1) is 11.0. The van der Waals surface area contributed by atoms with Crippen LogP contribution >= 0.6 is 0 Å². The van der Waals surface area contributed by atoms with Crippen molar-refractivity contribution in [1.29, 1.82) is 0 Å². The lowest BCUT2D eigenvalue weighted by Gasteiger charge is -2.39. The smallest absolute Gasteiger partial charge is 0.411 e. The summed E-state index contributed by atoms with van der Waals surface area (Å²) in [6.07, 6.45) is -5.96. The fourth-order valence-electron chi connectivity index (χ4n) is 2.30. The molecule has 2 atom stereocenters. The van der Waals surface area contributed by atoms with Gasteiger partial charge in [0.15, 0.2) is 5.60 Å². The predicted molar refractivity (Wildman–Crippen MR) is 73.8 cm³/mol. The zero-order valence-corrected chi connectivity index (χ0v) is 12.3. The molecule has 7 nitrogen and oxygen atoms in total. The van der Waals surface area contributed by atoms with Gasteiger partial charge in [-0.3, -0.25) is 10.1 Å². The molecular weight excluding hydrogens is 338 g/mol. The van der Waals surface area contributed by atoms with Crippen LogP contribution in [0.4, 0.5) is 23.2 Å². The molecule has 0 spiro atoms. The number of nitro benzene ring substituents is 1. The van der Waals surface area contributed by atoms with E-state index in [0.29, 0.717) is 0 Å². The molecule has 0 saturated heterocycles. The fraction of sp³-hybridized carbons (Fsp3) is 0.462. The number of aliphatic imine (C=N–C) groups is 1. The molecule has 0 radical (unpaired) electrons. The number of hydrogen-bond donors (Lipinski definition) is 1. The average Bonchev–Trinajstić information content (AvgIpc) is 2.45. The molecule has 0 aromatic heterocycles. The van der Waals surface area contributed by atoms with E-state index in [1.165, 1.54) is 6.92 Å². The maximum atomic E-state index is 14.2. The van der Waals surface area contributed by atoms with Gasteiger partial charge in [-0.1, -0.05) is 0 Å². The van der Waals surface area contributed by atoms with Crippen molar-refractivity contribution in [2.75, 3.05) is 13.2 Å². The Morgan fingerprint density at radius 2 is 2.21 bits per heavy atom. The number of amidine groups is 1. The van der Waals surface area contributed by atoms with Gasteiger partial charge in [0.1, 0.15) is 18.5 Å². The second-order valence-electron chi connectivity index (χ2n) is 5.22. The SMILES string of the molecule is C[C@]1(c2cc([N+](=O)[O-])ccc2F)OC(N)=NC[C@H]1OCC(F)(F)F. The molecular formula is C13H13F4N3O4. The number of ether oxygens (including phenoxy) is 2. The van der Waals surface area contributed by atoms with Crippen LogP contribution in [0, 0.1) is 15.9 Å². The summed E-state index contributed by atoms with van der Waals surface area (Å²) in [5, 5.41) is 10.9. The van der Waals surface area contributed by atoms with Crippen LogP contribution in [0.25, 0.3) is 0 Å². The van der Waals surface area contributed by atoms with Crippen LogP contribution in [0.2, 0.25) is 0 Å². The van der Waals surface area contributed by atoms with E-state index in [9.17, 15) is 27.7 Å². The molecule has 1 aliphatic rings. The highest BCUT2D eigenvalue weighted by atomic mass is 19.4. The average molecular weight is 351 g/mol. The number of halogens is 4. The molecule has 2 N–H and O–H groups in total. The van der Waals surface area contributed by atoms with E-state index in [1.54, 1.807) is 0 Å². The highest BCUT2D eigenvalue weighted by Gasteiger charge is 2.46. The highest BCUT2D eigenvalue weighted by Crippen LogP contribution is 2.37. The fourth-order valence-corrected chi connectivity index (χ4v) is 2.30. The Hall–Kier alpha value is -2.43. The second-order valence-corrected chi connectivity index (χ2v) is 5.22. The van der Waals surface area contributed by atoms with E-state index < -0.39 is 40.9 Å². The van der Waals surface area contributed by atoms with Crippen LogP contribution in [-0.2, 0) is 15.1 Å². The van der Waals surface area contributed by atoms with Gasteiger partial charge in [0.25, 0.3) is 11.7 Å². The van der Waals surface area contributed by atoms with Gasteiger partial charge in [0, 0.05) is 17.7 Å². The number of hydrogen-bond acceptors (Lipinski definition) is 6. The molecule has 0 saturated carbocycles. The minimum Gasteiger partial charge on any atom is -0.451 e. The predicted octanol–water partition coefficient (Wildman–Crippen LogP) is 2.24. The van der Waals surface area contributed by atoms with Gasteiger partial charge in [0.05, 0.1) is 11.5 Å². The molecule has 1 heterocycles. The van der Waals surface area contributed by atoms with E-state index in [-0.39, 0.29) is 18.1 Å². The molecule has 0 fully saturated rings. The summed E-state index contributed by atoms with van der Waals surface area (Å²) in [4.78, 5) is 13.7. The van der Waals surface area contributed by atoms with Crippen LogP contribution in [-0.4, -0.2) is 36.4 Å². The molecule has 1 aromatic carbocycles. The molecule has 1 aliphatic heterocycles. The summed E-state index contributed by atoms with van der Waals surface area (Å²) in [6, 6.07) is 2.24. The molecule has 2 rings (SSSR count). The monoisotopic (exact) mass is 351 g/mol. The van der Waals surface area contributed by atoms with Crippen LogP contribution in [0.3, 0.4) is 0 Å². The van der Waals surface area contributed by atoms with Crippen molar-refractivity contribution in [3.8, 4) is 0 Å². The third-order valence-electron chi connectivity index (χ3n) is 3.49. The minimum absolute atomic E-state index is 0.319. The Labute approximate surface area is 133 Å². The zero-order valence-electron chi connectivity index (χ0n) is 12.3. The number of nitrogens with two attached hydrogens (primary N) is 1. The lowest BCUT2D eigenvalue weighted by molar-refractivity contribution is -0.385. The van der Waals surface area contributed by atoms with Gasteiger partial charge in [-0.2, -0.15) is 13.2 Å². The number of non-ortho nitro benzene ring substituents is 1.